The summed E-state index contributed by atoms with van der Waals surface area (Å²) in [7, 11) is 0. The van der Waals surface area contributed by atoms with Crippen LogP contribution in [0.25, 0.3) is 0 Å². The standard InChI is InChI=1S/C11H12N2O2.C2H6.H2/c1-11-3-2-7-10(6(11)5-11)13-9(15)4-8(14)12-7;1-2;/h2-3,6H,4-5H2,1H3,(H,12,14)(H,13,15);1-2H3;1H. The molecule has 4 heteroatoms. The number of amides is 2. The molecule has 1 fully saturated rings. The van der Waals surface area contributed by atoms with Crippen LogP contribution in [0.1, 0.15) is 35.0 Å². The molecule has 94 valence electrons. The normalized spacial score (nSPS) is 33.5. The number of rotatable bonds is 0. The number of hydrogen-bond acceptors (Lipinski definition) is 2. The molecule has 0 spiro atoms. The Balaban J connectivity index is 0.000000516. The van der Waals surface area contributed by atoms with Crippen molar-refractivity contribution in [2.75, 3.05) is 0 Å². The first-order valence-electron chi connectivity index (χ1n) is 6.12. The summed E-state index contributed by atoms with van der Waals surface area (Å²) in [5.41, 5.74) is 1.86. The topological polar surface area (TPSA) is 58.2 Å². The van der Waals surface area contributed by atoms with Crippen LogP contribution in [-0.4, -0.2) is 11.8 Å². The first kappa shape index (κ1) is 11.9. The van der Waals surface area contributed by atoms with Gasteiger partial charge in [-0.05, 0) is 17.9 Å². The van der Waals surface area contributed by atoms with E-state index in [1.165, 1.54) is 0 Å². The van der Waals surface area contributed by atoms with Crippen LogP contribution in [0.5, 0.6) is 0 Å². The fraction of sp³-hybridized carbons (Fsp3) is 0.538. The minimum absolute atomic E-state index is 0. The van der Waals surface area contributed by atoms with E-state index in [2.05, 4.69) is 23.6 Å². The Kier molecular flexibility index (Phi) is 2.81. The molecule has 1 heterocycles. The predicted molar refractivity (Wildman–Crippen MR) is 66.7 cm³/mol. The third kappa shape index (κ3) is 1.99. The molecule has 3 rings (SSSR count). The van der Waals surface area contributed by atoms with Crippen LogP contribution in [0, 0.1) is 11.3 Å². The van der Waals surface area contributed by atoms with E-state index in [0.717, 1.165) is 17.8 Å². The van der Waals surface area contributed by atoms with Crippen molar-refractivity contribution in [3.05, 3.63) is 23.5 Å². The van der Waals surface area contributed by atoms with Gasteiger partial charge in [0.2, 0.25) is 11.8 Å². The summed E-state index contributed by atoms with van der Waals surface area (Å²) in [5, 5.41) is 5.59. The summed E-state index contributed by atoms with van der Waals surface area (Å²) in [6.45, 7) is 6.16. The Morgan fingerprint density at radius 1 is 1.29 bits per heavy atom. The molecule has 17 heavy (non-hydrogen) atoms. The second-order valence-electron chi connectivity index (χ2n) is 4.70. The van der Waals surface area contributed by atoms with E-state index in [9.17, 15) is 9.59 Å². The number of nitrogens with one attached hydrogen (secondary N) is 2. The first-order valence-corrected chi connectivity index (χ1v) is 6.12. The smallest absolute Gasteiger partial charge is 0.233 e. The largest absolute Gasteiger partial charge is 0.327 e. The molecular formula is C13H20N2O2. The van der Waals surface area contributed by atoms with Crippen molar-refractivity contribution < 1.29 is 11.0 Å². The quantitative estimate of drug-likeness (QED) is 0.629. The van der Waals surface area contributed by atoms with Crippen molar-refractivity contribution in [3.63, 3.8) is 0 Å². The van der Waals surface area contributed by atoms with Crippen LogP contribution in [0.3, 0.4) is 0 Å². The Labute approximate surface area is 103 Å². The van der Waals surface area contributed by atoms with Gasteiger partial charge < -0.3 is 10.6 Å². The van der Waals surface area contributed by atoms with Gasteiger partial charge in [0, 0.05) is 13.0 Å². The Morgan fingerprint density at radius 2 is 1.94 bits per heavy atom. The van der Waals surface area contributed by atoms with E-state index < -0.39 is 0 Å². The van der Waals surface area contributed by atoms with Crippen LogP contribution in [0.15, 0.2) is 23.5 Å². The Morgan fingerprint density at radius 3 is 2.65 bits per heavy atom. The highest BCUT2D eigenvalue weighted by molar-refractivity contribution is 5.99. The third-order valence-electron chi connectivity index (χ3n) is 3.42. The van der Waals surface area contributed by atoms with E-state index in [0.29, 0.717) is 5.92 Å². The monoisotopic (exact) mass is 236 g/mol. The summed E-state index contributed by atoms with van der Waals surface area (Å²) < 4.78 is 0. The summed E-state index contributed by atoms with van der Waals surface area (Å²) in [6, 6.07) is 0. The van der Waals surface area contributed by atoms with Crippen molar-refractivity contribution in [1.82, 2.24) is 10.6 Å². The summed E-state index contributed by atoms with van der Waals surface area (Å²) in [5.74, 6) is -0.0618. The molecule has 1 aliphatic heterocycles. The van der Waals surface area contributed by atoms with Crippen molar-refractivity contribution in [2.45, 2.75) is 33.6 Å². The zero-order valence-corrected chi connectivity index (χ0v) is 10.5. The number of fused-ring (bicyclic) bond motifs is 2. The Bertz CT molecular complexity index is 442. The van der Waals surface area contributed by atoms with Gasteiger partial charge in [-0.15, -0.1) is 0 Å². The lowest BCUT2D eigenvalue weighted by Crippen LogP contribution is -2.25. The molecule has 2 N–H and O–H groups in total. The fourth-order valence-corrected chi connectivity index (χ4v) is 2.35. The molecule has 0 radical (unpaired) electrons. The maximum atomic E-state index is 11.4. The van der Waals surface area contributed by atoms with Crippen LogP contribution >= 0.6 is 0 Å². The fourth-order valence-electron chi connectivity index (χ4n) is 2.35. The SMILES string of the molecule is CC.CC12C=CC3=C(NC(=O)CC(=O)N3)C1C2.[HH]. The number of hydrogen-bond donors (Lipinski definition) is 2. The van der Waals surface area contributed by atoms with Gasteiger partial charge in [-0.3, -0.25) is 9.59 Å². The summed E-state index contributed by atoms with van der Waals surface area (Å²) in [6.07, 6.45) is 5.00. The Hall–Kier alpha value is -1.58. The lowest BCUT2D eigenvalue weighted by Gasteiger charge is -2.17. The van der Waals surface area contributed by atoms with Crippen molar-refractivity contribution >= 4 is 11.8 Å². The van der Waals surface area contributed by atoms with Crippen LogP contribution in [-0.2, 0) is 9.59 Å². The third-order valence-corrected chi connectivity index (χ3v) is 3.42. The summed E-state index contributed by atoms with van der Waals surface area (Å²) >= 11 is 0. The number of carbonyl (C=O) groups excluding carboxylic acids is 2. The maximum absolute atomic E-state index is 11.4. The molecule has 4 nitrogen and oxygen atoms in total. The molecule has 0 aromatic carbocycles. The van der Waals surface area contributed by atoms with Gasteiger partial charge in [0.1, 0.15) is 6.42 Å². The molecule has 2 unspecified atom stereocenters. The molecule has 0 aromatic heterocycles. The highest BCUT2D eigenvalue weighted by Crippen LogP contribution is 2.59. The van der Waals surface area contributed by atoms with Crippen LogP contribution in [0.4, 0.5) is 0 Å². The minimum Gasteiger partial charge on any atom is -0.327 e. The second kappa shape index (κ2) is 4.02. The van der Waals surface area contributed by atoms with Gasteiger partial charge in [0.25, 0.3) is 0 Å². The second-order valence-corrected chi connectivity index (χ2v) is 4.70. The van der Waals surface area contributed by atoms with Crippen LogP contribution in [0.2, 0.25) is 0 Å². The predicted octanol–water partition coefficient (Wildman–Crippen LogP) is 1.70. The zero-order chi connectivity index (χ0) is 12.6. The van der Waals surface area contributed by atoms with Gasteiger partial charge in [-0.25, -0.2) is 0 Å². The van der Waals surface area contributed by atoms with E-state index in [1.54, 1.807) is 0 Å². The minimum atomic E-state index is -0.230. The molecule has 1 saturated carbocycles. The summed E-state index contributed by atoms with van der Waals surface area (Å²) in [4.78, 5) is 22.7. The van der Waals surface area contributed by atoms with Gasteiger partial charge >= 0.3 is 0 Å². The van der Waals surface area contributed by atoms with E-state index in [1.807, 2.05) is 19.9 Å². The van der Waals surface area contributed by atoms with Crippen molar-refractivity contribution in [2.24, 2.45) is 11.3 Å². The van der Waals surface area contributed by atoms with E-state index in [-0.39, 0.29) is 25.1 Å². The molecule has 3 aliphatic rings. The molecule has 0 aromatic rings. The van der Waals surface area contributed by atoms with Crippen molar-refractivity contribution in [3.8, 4) is 0 Å². The highest BCUT2D eigenvalue weighted by Gasteiger charge is 2.53. The highest BCUT2D eigenvalue weighted by atomic mass is 16.2. The number of allylic oxidation sites excluding steroid dienone is 3. The zero-order valence-electron chi connectivity index (χ0n) is 10.5. The maximum Gasteiger partial charge on any atom is 0.233 e. The average Bonchev–Trinajstić information content (AvgIpc) is 2.98. The molecular weight excluding hydrogens is 216 g/mol. The van der Waals surface area contributed by atoms with E-state index >= 15 is 0 Å². The first-order chi connectivity index (χ1) is 8.08. The lowest BCUT2D eigenvalue weighted by molar-refractivity contribution is -0.127. The average molecular weight is 236 g/mol. The van der Waals surface area contributed by atoms with Gasteiger partial charge in [-0.2, -0.15) is 0 Å². The molecule has 2 aliphatic carbocycles. The van der Waals surface area contributed by atoms with Crippen LogP contribution < -0.4 is 10.6 Å². The van der Waals surface area contributed by atoms with E-state index in [4.69, 9.17) is 0 Å². The van der Waals surface area contributed by atoms with Gasteiger partial charge in [0.15, 0.2) is 0 Å². The molecule has 0 bridgehead atoms. The lowest BCUT2D eigenvalue weighted by atomic mass is 9.98. The van der Waals surface area contributed by atoms with Gasteiger partial charge in [-0.1, -0.05) is 26.8 Å². The van der Waals surface area contributed by atoms with Crippen molar-refractivity contribution in [1.29, 1.82) is 0 Å². The number of carbonyl (C=O) groups is 2. The molecule has 2 atom stereocenters. The molecule has 0 saturated heterocycles. The van der Waals surface area contributed by atoms with Gasteiger partial charge in [0.05, 0.1) is 5.70 Å². The molecule has 2 amide bonds.